The second-order valence-corrected chi connectivity index (χ2v) is 11.6. The number of nitrogens with zero attached hydrogens (tertiary/aromatic N) is 1. The minimum Gasteiger partial charge on any atom is -0.491 e. The zero-order valence-electron chi connectivity index (χ0n) is 23.4. The number of amides is 4. The molecule has 2 aliphatic rings. The Morgan fingerprint density at radius 1 is 1.09 bits per heavy atom. The van der Waals surface area contributed by atoms with E-state index < -0.39 is 23.7 Å². The van der Waals surface area contributed by atoms with Gasteiger partial charge in [-0.2, -0.15) is 0 Å². The normalized spacial score (nSPS) is 21.4. The van der Waals surface area contributed by atoms with Crippen molar-refractivity contribution < 1.29 is 33.0 Å². The van der Waals surface area contributed by atoms with Gasteiger partial charge in [0.15, 0.2) is 0 Å². The van der Waals surface area contributed by atoms with Gasteiger partial charge in [-0.05, 0) is 53.1 Å². The number of nitrogens with two attached hydrogens (primary N) is 1. The smallest absolute Gasteiger partial charge is 0.262 e. The average molecular weight is 609 g/mol. The fraction of sp³-hybridized carbons (Fsp3) is 0.355. The molecule has 5 rings (SSSR count). The Hall–Kier alpha value is -4.29. The van der Waals surface area contributed by atoms with Crippen molar-refractivity contribution in [1.82, 2.24) is 15.5 Å². The van der Waals surface area contributed by atoms with Crippen molar-refractivity contribution >= 4 is 35.0 Å². The van der Waals surface area contributed by atoms with Crippen molar-refractivity contribution in [2.24, 2.45) is 5.73 Å². The van der Waals surface area contributed by atoms with Gasteiger partial charge in [0.1, 0.15) is 24.2 Å². The molecule has 226 valence electrons. The first-order chi connectivity index (χ1) is 20.7. The number of hydrogen-bond donors (Lipinski definition) is 3. The predicted octanol–water partition coefficient (Wildman–Crippen LogP) is 2.66. The Labute approximate surface area is 252 Å². The zero-order valence-corrected chi connectivity index (χ0v) is 24.2. The molecule has 0 aliphatic carbocycles. The highest BCUT2D eigenvalue weighted by Gasteiger charge is 2.36. The molecule has 43 heavy (non-hydrogen) atoms. The van der Waals surface area contributed by atoms with E-state index in [0.29, 0.717) is 35.4 Å². The van der Waals surface area contributed by atoms with Gasteiger partial charge in [-0.25, -0.2) is 4.39 Å². The second kappa shape index (κ2) is 13.8. The van der Waals surface area contributed by atoms with Gasteiger partial charge in [-0.3, -0.25) is 19.2 Å². The van der Waals surface area contributed by atoms with Crippen LogP contribution in [-0.2, 0) is 25.5 Å². The first kappa shape index (κ1) is 30.2. The lowest BCUT2D eigenvalue weighted by Crippen LogP contribution is -2.47. The van der Waals surface area contributed by atoms with Crippen LogP contribution >= 0.6 is 11.3 Å². The van der Waals surface area contributed by atoms with Gasteiger partial charge in [0, 0.05) is 31.7 Å². The SMILES string of the molecule is NC(=O)[C@@H]1COCCCC(=O)N2C[C@@H](NC(=O)Cc3ccccc3)C[C@H]2COc2cc(F)cc(c2)-c2csc(c2)C(=O)N1. The maximum atomic E-state index is 14.6. The van der Waals surface area contributed by atoms with Gasteiger partial charge in [0.05, 0.1) is 23.9 Å². The van der Waals surface area contributed by atoms with Gasteiger partial charge in [-0.1, -0.05) is 30.3 Å². The maximum absolute atomic E-state index is 14.6. The first-order valence-corrected chi connectivity index (χ1v) is 15.0. The van der Waals surface area contributed by atoms with Crippen LogP contribution in [0.5, 0.6) is 5.75 Å². The van der Waals surface area contributed by atoms with Crippen molar-refractivity contribution in [3.05, 3.63) is 76.2 Å². The summed E-state index contributed by atoms with van der Waals surface area (Å²) in [4.78, 5) is 52.8. The molecule has 0 saturated carbocycles. The van der Waals surface area contributed by atoms with Gasteiger partial charge in [-0.15, -0.1) is 11.3 Å². The number of thiophene rings is 1. The largest absolute Gasteiger partial charge is 0.491 e. The molecule has 2 aromatic carbocycles. The van der Waals surface area contributed by atoms with Crippen LogP contribution in [0.2, 0.25) is 0 Å². The number of carbonyl (C=O) groups excluding carboxylic acids is 4. The molecule has 0 radical (unpaired) electrons. The minimum absolute atomic E-state index is 0.105. The summed E-state index contributed by atoms with van der Waals surface area (Å²) in [7, 11) is 0. The Morgan fingerprint density at radius 2 is 1.91 bits per heavy atom. The molecule has 3 aromatic rings. The summed E-state index contributed by atoms with van der Waals surface area (Å²) in [5, 5.41) is 7.33. The number of primary amides is 1. The number of carbonyl (C=O) groups is 4. The van der Waals surface area contributed by atoms with Crippen LogP contribution in [0.4, 0.5) is 4.39 Å². The van der Waals surface area contributed by atoms with Crippen LogP contribution in [0.3, 0.4) is 0 Å². The van der Waals surface area contributed by atoms with Crippen LogP contribution in [0.15, 0.2) is 60.0 Å². The van der Waals surface area contributed by atoms with E-state index >= 15 is 0 Å². The number of halogens is 1. The quantitative estimate of drug-likeness (QED) is 0.416. The Morgan fingerprint density at radius 3 is 2.70 bits per heavy atom. The highest BCUT2D eigenvalue weighted by atomic mass is 32.1. The summed E-state index contributed by atoms with van der Waals surface area (Å²) in [6.45, 7) is 0.451. The number of nitrogens with one attached hydrogen (secondary N) is 2. The molecular formula is C31H33FN4O6S. The summed E-state index contributed by atoms with van der Waals surface area (Å²) >= 11 is 1.15. The summed E-state index contributed by atoms with van der Waals surface area (Å²) in [5.74, 6) is -1.78. The van der Waals surface area contributed by atoms with Crippen molar-refractivity contribution in [2.45, 2.75) is 43.8 Å². The highest BCUT2D eigenvalue weighted by Crippen LogP contribution is 2.30. The second-order valence-electron chi connectivity index (χ2n) is 10.7. The third-order valence-corrected chi connectivity index (χ3v) is 8.32. The molecule has 4 bridgehead atoms. The number of rotatable bonds is 4. The van der Waals surface area contributed by atoms with E-state index in [4.69, 9.17) is 15.2 Å². The lowest BCUT2D eigenvalue weighted by molar-refractivity contribution is -0.133. The van der Waals surface area contributed by atoms with E-state index in [1.54, 1.807) is 22.4 Å². The van der Waals surface area contributed by atoms with E-state index in [2.05, 4.69) is 10.6 Å². The fourth-order valence-corrected chi connectivity index (χ4v) is 6.07. The highest BCUT2D eigenvalue weighted by molar-refractivity contribution is 7.12. The van der Waals surface area contributed by atoms with Gasteiger partial charge in [0.2, 0.25) is 17.7 Å². The standard InChI is InChI=1S/C31H33FN4O6S/c32-22-10-20-11-25(13-22)42-16-24-14-23(34-28(37)9-19-5-2-1-3-6-19)15-36(24)29(38)7-4-8-41-17-26(30(33)39)35-31(40)27-12-21(20)18-43-27/h1-3,5-6,10-13,18,23-24,26H,4,7-9,14-17H2,(H2,33,39)(H,34,37)(H,35,40)/t23-,24-,26-/m0/s1. The lowest BCUT2D eigenvalue weighted by Gasteiger charge is -2.25. The van der Waals surface area contributed by atoms with Crippen LogP contribution in [0, 0.1) is 5.82 Å². The van der Waals surface area contributed by atoms with Crippen LogP contribution in [0.25, 0.3) is 11.1 Å². The van der Waals surface area contributed by atoms with Crippen molar-refractivity contribution in [2.75, 3.05) is 26.4 Å². The maximum Gasteiger partial charge on any atom is 0.262 e. The molecule has 10 nitrogen and oxygen atoms in total. The molecular weight excluding hydrogens is 575 g/mol. The van der Waals surface area contributed by atoms with E-state index in [0.717, 1.165) is 16.9 Å². The van der Waals surface area contributed by atoms with Crippen molar-refractivity contribution in [3.8, 4) is 16.9 Å². The third-order valence-electron chi connectivity index (χ3n) is 7.39. The number of benzene rings is 2. The van der Waals surface area contributed by atoms with Crippen LogP contribution < -0.4 is 21.1 Å². The Kier molecular flexibility index (Phi) is 9.68. The fourth-order valence-electron chi connectivity index (χ4n) is 5.25. The number of hydrogen-bond acceptors (Lipinski definition) is 7. The van der Waals surface area contributed by atoms with Crippen LogP contribution in [0.1, 0.15) is 34.5 Å². The third kappa shape index (κ3) is 7.96. The van der Waals surface area contributed by atoms with E-state index in [1.807, 2.05) is 30.3 Å². The molecule has 1 saturated heterocycles. The topological polar surface area (TPSA) is 140 Å². The van der Waals surface area contributed by atoms with E-state index in [1.165, 1.54) is 12.1 Å². The average Bonchev–Trinajstić information content (AvgIpc) is 3.63. The van der Waals surface area contributed by atoms with E-state index in [-0.39, 0.29) is 62.3 Å². The summed E-state index contributed by atoms with van der Waals surface area (Å²) < 4.78 is 26.3. The molecule has 12 heteroatoms. The predicted molar refractivity (Wildman–Crippen MR) is 158 cm³/mol. The van der Waals surface area contributed by atoms with Crippen LogP contribution in [-0.4, -0.2) is 73.0 Å². The van der Waals surface area contributed by atoms with Gasteiger partial charge >= 0.3 is 0 Å². The monoisotopic (exact) mass is 608 g/mol. The van der Waals surface area contributed by atoms with E-state index in [9.17, 15) is 23.6 Å². The van der Waals surface area contributed by atoms with Crippen molar-refractivity contribution in [1.29, 1.82) is 0 Å². The molecule has 3 atom stereocenters. The molecule has 3 heterocycles. The van der Waals surface area contributed by atoms with Crippen molar-refractivity contribution in [3.63, 3.8) is 0 Å². The molecule has 4 N–H and O–H groups in total. The molecule has 0 spiro atoms. The molecule has 1 aromatic heterocycles. The molecule has 4 amide bonds. The summed E-state index contributed by atoms with van der Waals surface area (Å²) in [6, 6.07) is 13.6. The zero-order chi connectivity index (χ0) is 30.3. The van der Waals surface area contributed by atoms with Gasteiger partial charge in [0.25, 0.3) is 5.91 Å². The Balaban J connectivity index is 1.34. The first-order valence-electron chi connectivity index (χ1n) is 14.1. The Bertz CT molecular complexity index is 1480. The molecule has 0 unspecified atom stereocenters. The summed E-state index contributed by atoms with van der Waals surface area (Å²) in [5.41, 5.74) is 7.47. The number of fused-ring (bicyclic) bond motifs is 6. The van der Waals surface area contributed by atoms with Gasteiger partial charge < -0.3 is 30.7 Å². The number of ether oxygens (including phenoxy) is 2. The lowest BCUT2D eigenvalue weighted by atomic mass is 10.1. The minimum atomic E-state index is -1.06. The molecule has 2 aliphatic heterocycles. The summed E-state index contributed by atoms with van der Waals surface area (Å²) in [6.07, 6.45) is 1.24. The molecule has 1 fully saturated rings.